The summed E-state index contributed by atoms with van der Waals surface area (Å²) in [6.45, 7) is 0.743. The number of benzene rings is 1. The molecule has 0 radical (unpaired) electrons. The first-order chi connectivity index (χ1) is 12.3. The van der Waals surface area contributed by atoms with E-state index in [0.717, 1.165) is 29.4 Å². The van der Waals surface area contributed by atoms with Crippen LogP contribution in [0.2, 0.25) is 0 Å². The van der Waals surface area contributed by atoms with Crippen LogP contribution in [0.3, 0.4) is 0 Å². The van der Waals surface area contributed by atoms with Gasteiger partial charge < -0.3 is 10.1 Å². The Morgan fingerprint density at radius 3 is 2.80 bits per heavy atom. The molecule has 0 saturated heterocycles. The molecule has 4 nitrogen and oxygen atoms in total. The largest absolute Gasteiger partial charge is 0.497 e. The Morgan fingerprint density at radius 1 is 1.12 bits per heavy atom. The highest BCUT2D eigenvalue weighted by molar-refractivity contribution is 5.60. The Morgan fingerprint density at radius 2 is 2.04 bits per heavy atom. The van der Waals surface area contributed by atoms with Gasteiger partial charge in [0.15, 0.2) is 0 Å². The number of anilines is 1. The number of methoxy groups -OCH3 is 1. The predicted molar refractivity (Wildman–Crippen MR) is 99.8 cm³/mol. The quantitative estimate of drug-likeness (QED) is 0.715. The van der Waals surface area contributed by atoms with E-state index in [9.17, 15) is 0 Å². The van der Waals surface area contributed by atoms with Crippen LogP contribution in [0, 0.1) is 0 Å². The molecule has 1 aromatic carbocycles. The molecule has 0 unspecified atom stereocenters. The molecule has 0 bridgehead atoms. The van der Waals surface area contributed by atoms with Crippen LogP contribution in [-0.4, -0.2) is 17.1 Å². The Bertz CT molecular complexity index is 860. The van der Waals surface area contributed by atoms with E-state index in [1.807, 2.05) is 36.5 Å². The second-order valence-electron chi connectivity index (χ2n) is 6.34. The summed E-state index contributed by atoms with van der Waals surface area (Å²) in [6.07, 6.45) is 6.18. The zero-order chi connectivity index (χ0) is 17.1. The topological polar surface area (TPSA) is 47.0 Å². The van der Waals surface area contributed by atoms with Crippen molar-refractivity contribution in [3.63, 3.8) is 0 Å². The molecule has 1 N–H and O–H groups in total. The minimum atomic E-state index is 0.706. The Labute approximate surface area is 147 Å². The summed E-state index contributed by atoms with van der Waals surface area (Å²) in [5.41, 5.74) is 4.66. The fourth-order valence-electron chi connectivity index (χ4n) is 3.05. The van der Waals surface area contributed by atoms with Crippen molar-refractivity contribution in [2.75, 3.05) is 12.4 Å². The van der Waals surface area contributed by atoms with E-state index >= 15 is 0 Å². The summed E-state index contributed by atoms with van der Waals surface area (Å²) in [7, 11) is 1.71. The second kappa shape index (κ2) is 6.93. The number of aromatic nitrogens is 2. The van der Waals surface area contributed by atoms with E-state index in [1.165, 1.54) is 24.0 Å². The van der Waals surface area contributed by atoms with E-state index in [4.69, 9.17) is 9.72 Å². The maximum Gasteiger partial charge on any atom is 0.126 e. The molecular formula is C21H21N3O. The molecule has 3 aromatic rings. The van der Waals surface area contributed by atoms with Gasteiger partial charge in [0.1, 0.15) is 11.6 Å². The third-order valence-electron chi connectivity index (χ3n) is 4.53. The predicted octanol–water partition coefficient (Wildman–Crippen LogP) is 4.64. The van der Waals surface area contributed by atoms with E-state index < -0.39 is 0 Å². The maximum absolute atomic E-state index is 5.39. The molecule has 0 spiro atoms. The first kappa shape index (κ1) is 15.6. The summed E-state index contributed by atoms with van der Waals surface area (Å²) in [4.78, 5) is 8.88. The number of hydrogen-bond acceptors (Lipinski definition) is 4. The zero-order valence-corrected chi connectivity index (χ0v) is 14.3. The Balaban J connectivity index is 1.54. The third-order valence-corrected chi connectivity index (χ3v) is 4.53. The van der Waals surface area contributed by atoms with Crippen molar-refractivity contribution in [1.82, 2.24) is 9.97 Å². The molecule has 1 fully saturated rings. The van der Waals surface area contributed by atoms with E-state index in [-0.39, 0.29) is 0 Å². The van der Waals surface area contributed by atoms with Gasteiger partial charge in [0, 0.05) is 24.5 Å². The summed E-state index contributed by atoms with van der Waals surface area (Å²) in [6, 6.07) is 16.4. The number of hydrogen-bond donors (Lipinski definition) is 1. The second-order valence-corrected chi connectivity index (χ2v) is 6.34. The molecule has 2 aromatic heterocycles. The Kier molecular flexibility index (Phi) is 4.34. The van der Waals surface area contributed by atoms with Gasteiger partial charge in [0.2, 0.25) is 0 Å². The van der Waals surface area contributed by atoms with Crippen molar-refractivity contribution in [3.05, 3.63) is 72.1 Å². The lowest BCUT2D eigenvalue weighted by molar-refractivity contribution is 0.414. The summed E-state index contributed by atoms with van der Waals surface area (Å²) < 4.78 is 5.39. The van der Waals surface area contributed by atoms with Crippen LogP contribution in [-0.2, 0) is 6.54 Å². The van der Waals surface area contributed by atoms with Gasteiger partial charge in [-0.05, 0) is 66.3 Å². The monoisotopic (exact) mass is 331 g/mol. The normalized spacial score (nSPS) is 13.5. The van der Waals surface area contributed by atoms with E-state index in [1.54, 1.807) is 13.3 Å². The van der Waals surface area contributed by atoms with Gasteiger partial charge in [-0.15, -0.1) is 0 Å². The molecule has 1 aliphatic rings. The first-order valence-corrected chi connectivity index (χ1v) is 8.61. The molecule has 126 valence electrons. The van der Waals surface area contributed by atoms with Gasteiger partial charge in [0.05, 0.1) is 12.8 Å². The molecule has 4 heteroatoms. The summed E-state index contributed by atoms with van der Waals surface area (Å²) in [5.74, 6) is 2.47. The van der Waals surface area contributed by atoms with Crippen molar-refractivity contribution >= 4 is 5.82 Å². The average molecular weight is 331 g/mol. The van der Waals surface area contributed by atoms with Crippen molar-refractivity contribution in [1.29, 1.82) is 0 Å². The standard InChI is InChI=1S/C21H21N3O/c1-25-18-9-10-19(15-7-8-15)17(12-18)14-23-21-6-2-5-20(24-21)16-4-3-11-22-13-16/h2-6,9-13,15H,7-8,14H2,1H3,(H,23,24). The summed E-state index contributed by atoms with van der Waals surface area (Å²) >= 11 is 0. The molecule has 0 aliphatic heterocycles. The maximum atomic E-state index is 5.39. The minimum Gasteiger partial charge on any atom is -0.497 e. The van der Waals surface area contributed by atoms with Gasteiger partial charge in [-0.2, -0.15) is 0 Å². The van der Waals surface area contributed by atoms with Crippen LogP contribution in [0.4, 0.5) is 5.82 Å². The summed E-state index contributed by atoms with van der Waals surface area (Å²) in [5, 5.41) is 3.46. The highest BCUT2D eigenvalue weighted by Crippen LogP contribution is 2.42. The van der Waals surface area contributed by atoms with Crippen LogP contribution in [0.1, 0.15) is 29.9 Å². The highest BCUT2D eigenvalue weighted by atomic mass is 16.5. The fraction of sp³-hybridized carbons (Fsp3) is 0.238. The highest BCUT2D eigenvalue weighted by Gasteiger charge is 2.26. The van der Waals surface area contributed by atoms with Gasteiger partial charge in [-0.3, -0.25) is 4.98 Å². The smallest absolute Gasteiger partial charge is 0.126 e. The molecule has 1 saturated carbocycles. The molecular weight excluding hydrogens is 310 g/mol. The van der Waals surface area contributed by atoms with Gasteiger partial charge in [-0.25, -0.2) is 4.98 Å². The van der Waals surface area contributed by atoms with Gasteiger partial charge in [0.25, 0.3) is 0 Å². The average Bonchev–Trinajstić information content (AvgIpc) is 3.52. The Hall–Kier alpha value is -2.88. The lowest BCUT2D eigenvalue weighted by atomic mass is 10.0. The number of nitrogens with one attached hydrogen (secondary N) is 1. The minimum absolute atomic E-state index is 0.706. The zero-order valence-electron chi connectivity index (χ0n) is 14.3. The molecule has 25 heavy (non-hydrogen) atoms. The fourth-order valence-corrected chi connectivity index (χ4v) is 3.05. The first-order valence-electron chi connectivity index (χ1n) is 8.61. The van der Waals surface area contributed by atoms with Crippen molar-refractivity contribution in [2.45, 2.75) is 25.3 Å². The van der Waals surface area contributed by atoms with Crippen molar-refractivity contribution < 1.29 is 4.74 Å². The molecule has 0 amide bonds. The third kappa shape index (κ3) is 3.63. The van der Waals surface area contributed by atoms with Crippen LogP contribution >= 0.6 is 0 Å². The SMILES string of the molecule is COc1ccc(C2CC2)c(CNc2cccc(-c3cccnc3)n2)c1. The lowest BCUT2D eigenvalue weighted by Gasteiger charge is -2.13. The van der Waals surface area contributed by atoms with Crippen LogP contribution in [0.15, 0.2) is 60.9 Å². The number of ether oxygens (including phenoxy) is 1. The van der Waals surface area contributed by atoms with E-state index in [2.05, 4.69) is 28.5 Å². The van der Waals surface area contributed by atoms with Crippen LogP contribution in [0.25, 0.3) is 11.3 Å². The van der Waals surface area contributed by atoms with Gasteiger partial charge >= 0.3 is 0 Å². The van der Waals surface area contributed by atoms with Gasteiger partial charge in [-0.1, -0.05) is 12.1 Å². The molecule has 1 aliphatic carbocycles. The van der Waals surface area contributed by atoms with Crippen LogP contribution in [0.5, 0.6) is 5.75 Å². The number of pyridine rings is 2. The molecule has 0 atom stereocenters. The number of rotatable bonds is 6. The van der Waals surface area contributed by atoms with Crippen molar-refractivity contribution in [3.8, 4) is 17.0 Å². The molecule has 2 heterocycles. The van der Waals surface area contributed by atoms with Crippen LogP contribution < -0.4 is 10.1 Å². The molecule has 4 rings (SSSR count). The lowest BCUT2D eigenvalue weighted by Crippen LogP contribution is -2.05. The number of nitrogens with zero attached hydrogens (tertiary/aromatic N) is 2. The van der Waals surface area contributed by atoms with Crippen molar-refractivity contribution in [2.24, 2.45) is 0 Å². The van der Waals surface area contributed by atoms with E-state index in [0.29, 0.717) is 5.92 Å².